The fourth-order valence-electron chi connectivity index (χ4n) is 5.09. The van der Waals surface area contributed by atoms with Crippen molar-refractivity contribution in [3.05, 3.63) is 83.9 Å². The Bertz CT molecular complexity index is 1330. The molecular formula is C31H33N3O3. The number of amides is 1. The molecule has 0 spiro atoms. The molecule has 2 aliphatic rings. The fourth-order valence-corrected chi connectivity index (χ4v) is 5.09. The number of carbonyl (C=O) groups excluding carboxylic acids is 1. The van der Waals surface area contributed by atoms with E-state index in [1.54, 1.807) is 23.1 Å². The van der Waals surface area contributed by atoms with Crippen molar-refractivity contribution in [3.63, 3.8) is 0 Å². The van der Waals surface area contributed by atoms with Crippen LogP contribution in [0.5, 0.6) is 0 Å². The van der Waals surface area contributed by atoms with Gasteiger partial charge in [0.05, 0.1) is 19.3 Å². The Hall–Kier alpha value is -4.06. The SMILES string of the molecule is [2H]C(c1ccc(-c2ccc3c(c2)NCCN3)cc1)N(C(=O)C1CCCCC1)c1cccc(/C=C/C(=O)O)c1. The fraction of sp³-hybridized carbons (Fsp3) is 0.290. The van der Waals surface area contributed by atoms with Crippen LogP contribution in [0.3, 0.4) is 0 Å². The van der Waals surface area contributed by atoms with E-state index in [2.05, 4.69) is 28.8 Å². The summed E-state index contributed by atoms with van der Waals surface area (Å²) < 4.78 is 9.17. The lowest BCUT2D eigenvalue weighted by Gasteiger charge is -2.30. The van der Waals surface area contributed by atoms with Crippen molar-refractivity contribution in [3.8, 4) is 11.1 Å². The maximum absolute atomic E-state index is 13.8. The van der Waals surface area contributed by atoms with Gasteiger partial charge in [0.15, 0.2) is 0 Å². The van der Waals surface area contributed by atoms with Gasteiger partial charge >= 0.3 is 5.97 Å². The van der Waals surface area contributed by atoms with E-state index >= 15 is 0 Å². The summed E-state index contributed by atoms with van der Waals surface area (Å²) in [4.78, 5) is 26.4. The normalized spacial score (nSPS) is 16.7. The monoisotopic (exact) mass is 496 g/mol. The topological polar surface area (TPSA) is 81.7 Å². The molecule has 3 aromatic rings. The van der Waals surface area contributed by atoms with Crippen LogP contribution in [0.1, 0.15) is 44.6 Å². The predicted molar refractivity (Wildman–Crippen MR) is 150 cm³/mol. The number of nitrogens with zero attached hydrogens (tertiary/aromatic N) is 1. The molecule has 1 aliphatic carbocycles. The smallest absolute Gasteiger partial charge is 0.328 e. The number of carbonyl (C=O) groups is 2. The molecule has 1 amide bonds. The Morgan fingerprint density at radius 2 is 1.65 bits per heavy atom. The third-order valence-electron chi connectivity index (χ3n) is 7.06. The second kappa shape index (κ2) is 11.3. The largest absolute Gasteiger partial charge is 0.478 e. The van der Waals surface area contributed by atoms with Crippen molar-refractivity contribution in [1.82, 2.24) is 0 Å². The van der Waals surface area contributed by atoms with Gasteiger partial charge in [-0.05, 0) is 65.4 Å². The summed E-state index contributed by atoms with van der Waals surface area (Å²) >= 11 is 0. The summed E-state index contributed by atoms with van der Waals surface area (Å²) in [5.74, 6) is -1.18. The molecule has 0 saturated heterocycles. The molecule has 5 rings (SSSR count). The van der Waals surface area contributed by atoms with E-state index in [4.69, 9.17) is 5.11 Å². The zero-order valence-corrected chi connectivity index (χ0v) is 20.8. The summed E-state index contributed by atoms with van der Waals surface area (Å²) in [5.41, 5.74) is 6.30. The third kappa shape index (κ3) is 6.02. The Balaban J connectivity index is 1.44. The van der Waals surface area contributed by atoms with Crippen molar-refractivity contribution in [1.29, 1.82) is 0 Å². The highest BCUT2D eigenvalue weighted by Crippen LogP contribution is 2.32. The summed E-state index contributed by atoms with van der Waals surface area (Å²) in [5, 5.41) is 15.8. The Labute approximate surface area is 219 Å². The molecule has 0 bridgehead atoms. The summed E-state index contributed by atoms with van der Waals surface area (Å²) in [6.07, 6.45) is 7.44. The van der Waals surface area contributed by atoms with Crippen LogP contribution in [0.15, 0.2) is 72.8 Å². The average Bonchev–Trinajstić information content (AvgIpc) is 2.96. The third-order valence-corrected chi connectivity index (χ3v) is 7.06. The highest BCUT2D eigenvalue weighted by atomic mass is 16.4. The minimum atomic E-state index is -1.03. The zero-order chi connectivity index (χ0) is 26.5. The van der Waals surface area contributed by atoms with Crippen LogP contribution in [0.2, 0.25) is 0 Å². The number of fused-ring (bicyclic) bond motifs is 1. The molecule has 190 valence electrons. The van der Waals surface area contributed by atoms with Crippen LogP contribution in [0.4, 0.5) is 17.1 Å². The van der Waals surface area contributed by atoms with Crippen molar-refractivity contribution in [2.75, 3.05) is 28.6 Å². The standard InChI is InChI=1S/C31H33N3O3/c35-30(36)16-11-22-5-4-8-27(19-22)34(31(37)25-6-2-1-3-7-25)21-23-9-12-24(13-10-23)26-14-15-28-29(20-26)33-18-17-32-28/h4-5,8-16,19-20,25,32-33H,1-3,6-7,17-18,21H2,(H,35,36)/b16-11+/i21D. The lowest BCUT2D eigenvalue weighted by atomic mass is 9.88. The van der Waals surface area contributed by atoms with Crippen LogP contribution >= 0.6 is 0 Å². The van der Waals surface area contributed by atoms with E-state index in [1.165, 1.54) is 6.08 Å². The Kier molecular flexibility index (Phi) is 7.15. The van der Waals surface area contributed by atoms with Crippen molar-refractivity contribution in [2.24, 2.45) is 5.92 Å². The number of hydrogen-bond donors (Lipinski definition) is 3. The van der Waals surface area contributed by atoms with Gasteiger partial charge in [0.25, 0.3) is 0 Å². The van der Waals surface area contributed by atoms with Gasteiger partial charge in [-0.1, -0.05) is 61.7 Å². The van der Waals surface area contributed by atoms with Crippen LogP contribution in [0, 0.1) is 5.92 Å². The molecule has 0 aromatic heterocycles. The first-order chi connectivity index (χ1) is 18.5. The van der Waals surface area contributed by atoms with Gasteiger partial charge in [-0.15, -0.1) is 0 Å². The second-order valence-electron chi connectivity index (χ2n) is 9.67. The van der Waals surface area contributed by atoms with E-state index in [0.717, 1.165) is 79.3 Å². The first-order valence-electron chi connectivity index (χ1n) is 13.6. The van der Waals surface area contributed by atoms with Crippen LogP contribution < -0.4 is 15.5 Å². The van der Waals surface area contributed by atoms with E-state index in [1.807, 2.05) is 30.3 Å². The molecule has 1 aliphatic heterocycles. The molecule has 6 nitrogen and oxygen atoms in total. The molecule has 1 unspecified atom stereocenters. The highest BCUT2D eigenvalue weighted by molar-refractivity contribution is 5.95. The molecule has 3 aromatic carbocycles. The predicted octanol–water partition coefficient (Wildman–Crippen LogP) is 6.40. The number of aliphatic carboxylic acids is 1. The minimum absolute atomic E-state index is 0.0404. The Morgan fingerprint density at radius 1 is 0.919 bits per heavy atom. The first kappa shape index (κ1) is 23.3. The average molecular weight is 497 g/mol. The van der Waals surface area contributed by atoms with Gasteiger partial charge in [0.2, 0.25) is 5.91 Å². The van der Waals surface area contributed by atoms with Crippen LogP contribution in [0.25, 0.3) is 17.2 Å². The molecule has 1 heterocycles. The maximum atomic E-state index is 13.8. The molecule has 1 fully saturated rings. The van der Waals surface area contributed by atoms with Crippen LogP contribution in [-0.2, 0) is 16.1 Å². The summed E-state index contributed by atoms with van der Waals surface area (Å²) in [6, 6.07) is 21.3. The highest BCUT2D eigenvalue weighted by Gasteiger charge is 2.27. The number of anilines is 3. The molecule has 1 saturated carbocycles. The summed E-state index contributed by atoms with van der Waals surface area (Å²) in [7, 11) is 0. The van der Waals surface area contributed by atoms with Crippen molar-refractivity contribution in [2.45, 2.75) is 38.6 Å². The van der Waals surface area contributed by atoms with Gasteiger partial charge in [0, 0.05) is 30.8 Å². The quantitative estimate of drug-likeness (QED) is 0.330. The van der Waals surface area contributed by atoms with E-state index in [-0.39, 0.29) is 11.8 Å². The van der Waals surface area contributed by atoms with Gasteiger partial charge < -0.3 is 20.6 Å². The van der Waals surface area contributed by atoms with E-state index < -0.39 is 12.5 Å². The van der Waals surface area contributed by atoms with Gasteiger partial charge in [0.1, 0.15) is 0 Å². The molecule has 0 radical (unpaired) electrons. The number of rotatable bonds is 7. The van der Waals surface area contributed by atoms with Gasteiger partial charge in [-0.2, -0.15) is 0 Å². The molecule has 1 atom stereocenters. The second-order valence-corrected chi connectivity index (χ2v) is 9.67. The summed E-state index contributed by atoms with van der Waals surface area (Å²) in [6.45, 7) is 0.862. The lowest BCUT2D eigenvalue weighted by molar-refractivity contribution is -0.131. The van der Waals surface area contributed by atoms with Crippen molar-refractivity contribution >= 4 is 35.0 Å². The Morgan fingerprint density at radius 3 is 2.41 bits per heavy atom. The number of carboxylic acids is 1. The first-order valence-corrected chi connectivity index (χ1v) is 13.0. The minimum Gasteiger partial charge on any atom is -0.478 e. The molecule has 37 heavy (non-hydrogen) atoms. The number of benzene rings is 3. The van der Waals surface area contributed by atoms with Gasteiger partial charge in [-0.25, -0.2) is 4.79 Å². The molecule has 6 heteroatoms. The van der Waals surface area contributed by atoms with E-state index in [0.29, 0.717) is 11.3 Å². The molecule has 3 N–H and O–H groups in total. The molecular weight excluding hydrogens is 462 g/mol. The lowest BCUT2D eigenvalue weighted by Crippen LogP contribution is -2.36. The van der Waals surface area contributed by atoms with Crippen molar-refractivity contribution < 1.29 is 16.1 Å². The number of hydrogen-bond acceptors (Lipinski definition) is 4. The van der Waals surface area contributed by atoms with Crippen LogP contribution in [-0.4, -0.2) is 30.1 Å². The number of carboxylic acid groups (broad SMARTS) is 1. The van der Waals surface area contributed by atoms with E-state index in [9.17, 15) is 11.0 Å². The maximum Gasteiger partial charge on any atom is 0.328 e. The number of nitrogens with one attached hydrogen (secondary N) is 2. The van der Waals surface area contributed by atoms with Gasteiger partial charge in [-0.3, -0.25) is 4.79 Å². The zero-order valence-electron chi connectivity index (χ0n) is 21.8.